The van der Waals surface area contributed by atoms with Gasteiger partial charge >= 0.3 is 0 Å². The van der Waals surface area contributed by atoms with Crippen molar-refractivity contribution >= 4 is 17.3 Å². The number of thiazole rings is 1. The van der Waals surface area contributed by atoms with Gasteiger partial charge in [0.1, 0.15) is 5.82 Å². The Labute approximate surface area is 140 Å². The molecule has 0 amide bonds. The topological polar surface area (TPSA) is 49.3 Å². The van der Waals surface area contributed by atoms with E-state index < -0.39 is 0 Å². The molecule has 1 aromatic carbocycles. The summed E-state index contributed by atoms with van der Waals surface area (Å²) in [6, 6.07) is 5.22. The van der Waals surface area contributed by atoms with Gasteiger partial charge in [-0.1, -0.05) is 19.1 Å². The van der Waals surface area contributed by atoms with Crippen molar-refractivity contribution in [2.75, 3.05) is 6.54 Å². The van der Waals surface area contributed by atoms with Gasteiger partial charge in [-0.2, -0.15) is 0 Å². The quantitative estimate of drug-likeness (QED) is 0.629. The van der Waals surface area contributed by atoms with Gasteiger partial charge in [0, 0.05) is 11.9 Å². The Morgan fingerprint density at radius 3 is 2.78 bits per heavy atom. The molecular formula is C17H23FN4S. The molecule has 0 aliphatic heterocycles. The van der Waals surface area contributed by atoms with Crippen LogP contribution in [-0.2, 0) is 19.5 Å². The number of aromatic nitrogens is 1. The van der Waals surface area contributed by atoms with E-state index in [4.69, 9.17) is 0 Å². The average molecular weight is 334 g/mol. The largest absolute Gasteiger partial charge is 0.357 e. The van der Waals surface area contributed by atoms with Gasteiger partial charge in [-0.15, -0.1) is 11.3 Å². The highest BCUT2D eigenvalue weighted by molar-refractivity contribution is 7.09. The fraction of sp³-hybridized carbons (Fsp3) is 0.412. The van der Waals surface area contributed by atoms with Gasteiger partial charge in [-0.25, -0.2) is 14.4 Å². The molecule has 0 saturated carbocycles. The van der Waals surface area contributed by atoms with Crippen LogP contribution in [0.1, 0.15) is 35.7 Å². The van der Waals surface area contributed by atoms with Crippen LogP contribution < -0.4 is 10.6 Å². The van der Waals surface area contributed by atoms with E-state index in [0.29, 0.717) is 24.6 Å². The van der Waals surface area contributed by atoms with Crippen molar-refractivity contribution < 1.29 is 4.39 Å². The number of aliphatic imine (C=N–C) groups is 1. The molecule has 1 aromatic heterocycles. The maximum absolute atomic E-state index is 13.6. The molecule has 4 nitrogen and oxygen atoms in total. The third-order valence-corrected chi connectivity index (χ3v) is 4.38. The van der Waals surface area contributed by atoms with Crippen molar-refractivity contribution in [1.29, 1.82) is 0 Å². The Morgan fingerprint density at radius 2 is 2.13 bits per heavy atom. The van der Waals surface area contributed by atoms with Crippen molar-refractivity contribution in [2.45, 2.75) is 40.3 Å². The smallest absolute Gasteiger partial charge is 0.191 e. The number of hydrogen-bond donors (Lipinski definition) is 2. The van der Waals surface area contributed by atoms with Crippen LogP contribution in [-0.4, -0.2) is 17.5 Å². The summed E-state index contributed by atoms with van der Waals surface area (Å²) < 4.78 is 13.6. The first-order valence-electron chi connectivity index (χ1n) is 7.82. The number of nitrogens with one attached hydrogen (secondary N) is 2. The predicted molar refractivity (Wildman–Crippen MR) is 94.3 cm³/mol. The molecule has 2 aromatic rings. The Bertz CT molecular complexity index is 666. The second kappa shape index (κ2) is 8.62. The van der Waals surface area contributed by atoms with Crippen LogP contribution in [0.15, 0.2) is 28.6 Å². The Kier molecular flexibility index (Phi) is 6.52. The fourth-order valence-corrected chi connectivity index (χ4v) is 2.76. The lowest BCUT2D eigenvalue weighted by molar-refractivity contribution is 0.616. The number of benzene rings is 1. The maximum atomic E-state index is 13.6. The fourth-order valence-electron chi connectivity index (χ4n) is 2.01. The number of nitrogens with zero attached hydrogens (tertiary/aromatic N) is 2. The number of halogens is 1. The van der Waals surface area contributed by atoms with Crippen molar-refractivity contribution in [3.8, 4) is 0 Å². The van der Waals surface area contributed by atoms with Crippen LogP contribution in [0.3, 0.4) is 0 Å². The Hall–Kier alpha value is -1.95. The highest BCUT2D eigenvalue weighted by Crippen LogP contribution is 2.11. The van der Waals surface area contributed by atoms with Gasteiger partial charge < -0.3 is 10.6 Å². The molecule has 23 heavy (non-hydrogen) atoms. The molecule has 0 fully saturated rings. The molecule has 0 aliphatic rings. The zero-order chi connectivity index (χ0) is 16.7. The van der Waals surface area contributed by atoms with Crippen LogP contribution >= 0.6 is 11.3 Å². The summed E-state index contributed by atoms with van der Waals surface area (Å²) in [6.07, 6.45) is 0.956. The third-order valence-electron chi connectivity index (χ3n) is 3.34. The van der Waals surface area contributed by atoms with E-state index >= 15 is 0 Å². The summed E-state index contributed by atoms with van der Waals surface area (Å²) in [5.74, 6) is 0.518. The molecule has 0 saturated heterocycles. The first-order chi connectivity index (χ1) is 11.1. The summed E-state index contributed by atoms with van der Waals surface area (Å²) in [4.78, 5) is 9.02. The molecule has 0 unspecified atom stereocenters. The first-order valence-corrected chi connectivity index (χ1v) is 8.70. The molecule has 0 spiro atoms. The number of guanidine groups is 1. The highest BCUT2D eigenvalue weighted by atomic mass is 32.1. The zero-order valence-electron chi connectivity index (χ0n) is 13.8. The van der Waals surface area contributed by atoms with E-state index in [1.54, 1.807) is 24.3 Å². The van der Waals surface area contributed by atoms with Crippen LogP contribution in [0.25, 0.3) is 0 Å². The molecule has 1 heterocycles. The molecule has 124 valence electrons. The van der Waals surface area contributed by atoms with E-state index in [-0.39, 0.29) is 5.82 Å². The SMILES string of the molecule is CCNC(=NCc1ccc(C)c(F)c1)NCc1csc(CC)n1. The summed E-state index contributed by atoms with van der Waals surface area (Å²) in [7, 11) is 0. The lowest BCUT2D eigenvalue weighted by Crippen LogP contribution is -2.36. The molecule has 0 aliphatic carbocycles. The van der Waals surface area contributed by atoms with Gasteiger partial charge in [0.25, 0.3) is 0 Å². The van der Waals surface area contributed by atoms with Crippen molar-refractivity contribution in [3.05, 3.63) is 51.2 Å². The molecule has 0 radical (unpaired) electrons. The number of aryl methyl sites for hydroxylation is 2. The standard InChI is InChI=1S/C17H23FN4S/c1-4-16-22-14(11-23-16)10-21-17(19-5-2)20-9-13-7-6-12(3)15(18)8-13/h6-8,11H,4-5,9-10H2,1-3H3,(H2,19,20,21). The number of hydrogen-bond acceptors (Lipinski definition) is 3. The Morgan fingerprint density at radius 1 is 1.30 bits per heavy atom. The van der Waals surface area contributed by atoms with Crippen molar-refractivity contribution in [3.63, 3.8) is 0 Å². The summed E-state index contributed by atoms with van der Waals surface area (Å²) in [6.45, 7) is 7.70. The van der Waals surface area contributed by atoms with Crippen LogP contribution in [0.4, 0.5) is 4.39 Å². The van der Waals surface area contributed by atoms with Crippen molar-refractivity contribution in [2.24, 2.45) is 4.99 Å². The second-order valence-corrected chi connectivity index (χ2v) is 6.16. The maximum Gasteiger partial charge on any atom is 0.191 e. The van der Waals surface area contributed by atoms with Gasteiger partial charge in [0.2, 0.25) is 0 Å². The van der Waals surface area contributed by atoms with E-state index in [2.05, 4.69) is 32.9 Å². The molecule has 0 bridgehead atoms. The van der Waals surface area contributed by atoms with E-state index in [1.165, 1.54) is 6.07 Å². The summed E-state index contributed by atoms with van der Waals surface area (Å²) in [5, 5.41) is 9.65. The summed E-state index contributed by atoms with van der Waals surface area (Å²) >= 11 is 1.67. The average Bonchev–Trinajstić information content (AvgIpc) is 3.01. The van der Waals surface area contributed by atoms with Gasteiger partial charge in [-0.05, 0) is 37.5 Å². The van der Waals surface area contributed by atoms with E-state index in [9.17, 15) is 4.39 Å². The first kappa shape index (κ1) is 17.4. The van der Waals surface area contributed by atoms with E-state index in [1.807, 2.05) is 13.0 Å². The minimum absolute atomic E-state index is 0.190. The third kappa shape index (κ3) is 5.32. The normalized spacial score (nSPS) is 11.6. The van der Waals surface area contributed by atoms with Crippen LogP contribution in [0, 0.1) is 12.7 Å². The summed E-state index contributed by atoms with van der Waals surface area (Å²) in [5.41, 5.74) is 2.52. The Balaban J connectivity index is 1.97. The van der Waals surface area contributed by atoms with E-state index in [0.717, 1.165) is 29.2 Å². The molecule has 0 atom stereocenters. The zero-order valence-corrected chi connectivity index (χ0v) is 14.6. The second-order valence-electron chi connectivity index (χ2n) is 5.22. The van der Waals surface area contributed by atoms with Gasteiger partial charge in [0.05, 0.1) is 23.8 Å². The van der Waals surface area contributed by atoms with Crippen LogP contribution in [0.2, 0.25) is 0 Å². The molecule has 2 N–H and O–H groups in total. The monoisotopic (exact) mass is 334 g/mol. The van der Waals surface area contributed by atoms with Crippen molar-refractivity contribution in [1.82, 2.24) is 15.6 Å². The van der Waals surface area contributed by atoms with Gasteiger partial charge in [-0.3, -0.25) is 0 Å². The molecule has 2 rings (SSSR count). The molecular weight excluding hydrogens is 311 g/mol. The minimum Gasteiger partial charge on any atom is -0.357 e. The van der Waals surface area contributed by atoms with Crippen LogP contribution in [0.5, 0.6) is 0 Å². The number of rotatable bonds is 6. The van der Waals surface area contributed by atoms with Gasteiger partial charge in [0.15, 0.2) is 5.96 Å². The lowest BCUT2D eigenvalue weighted by atomic mass is 10.1. The predicted octanol–water partition coefficient (Wildman–Crippen LogP) is 3.41. The lowest BCUT2D eigenvalue weighted by Gasteiger charge is -2.10. The molecule has 6 heteroatoms. The highest BCUT2D eigenvalue weighted by Gasteiger charge is 2.03. The minimum atomic E-state index is -0.190.